The zero-order valence-corrected chi connectivity index (χ0v) is 35.7. The van der Waals surface area contributed by atoms with Gasteiger partial charge in [0.15, 0.2) is 5.58 Å². The normalized spacial score (nSPS) is 14.8. The van der Waals surface area contributed by atoms with E-state index in [1.165, 1.54) is 88.5 Å². The van der Waals surface area contributed by atoms with E-state index in [0.717, 1.165) is 33.6 Å². The van der Waals surface area contributed by atoms with Crippen LogP contribution in [0, 0.1) is 0 Å². The average molecular weight is 796 g/mol. The Bertz CT molecular complexity index is 3510. The maximum atomic E-state index is 7.39. The molecule has 10 aromatic rings. The molecule has 0 amide bonds. The molecule has 3 aliphatic rings. The molecule has 1 heterocycles. The van der Waals surface area contributed by atoms with Crippen molar-refractivity contribution in [1.29, 1.82) is 0 Å². The van der Waals surface area contributed by atoms with Gasteiger partial charge in [0.25, 0.3) is 0 Å². The van der Waals surface area contributed by atoms with Crippen molar-refractivity contribution in [1.82, 2.24) is 0 Å². The van der Waals surface area contributed by atoms with Crippen molar-refractivity contribution in [2.45, 2.75) is 50.9 Å². The summed E-state index contributed by atoms with van der Waals surface area (Å²) in [5.41, 5.74) is 21.4. The third kappa shape index (κ3) is 4.44. The molecule has 0 N–H and O–H groups in total. The highest BCUT2D eigenvalue weighted by Gasteiger charge is 2.52. The minimum absolute atomic E-state index is 0.136. The molecular weight excluding hydrogens is 751 g/mol. The smallest absolute Gasteiger partial charge is 0.159 e. The van der Waals surface area contributed by atoms with Gasteiger partial charge in [-0.2, -0.15) is 0 Å². The molecule has 0 radical (unpaired) electrons. The highest BCUT2D eigenvalue weighted by Crippen LogP contribution is 2.65. The number of furan rings is 1. The van der Waals surface area contributed by atoms with Crippen LogP contribution in [0.15, 0.2) is 186 Å². The maximum Gasteiger partial charge on any atom is 0.159 e. The lowest BCUT2D eigenvalue weighted by atomic mass is 9.70. The van der Waals surface area contributed by atoms with Crippen molar-refractivity contribution in [3.63, 3.8) is 0 Å². The SMILES string of the molecule is CC(C)(C)c1cc2ccccc2c2c1oc1c(N(c3ccc4c(c3)C(C)(C)c3ccccc3-4)c3cccc4c3-c3ccccc3C43c4ccccc4-c4ccccc43)cccc12. The first-order valence-electron chi connectivity index (χ1n) is 22.0. The van der Waals surface area contributed by atoms with Gasteiger partial charge in [0.1, 0.15) is 5.58 Å². The zero-order chi connectivity index (χ0) is 41.7. The summed E-state index contributed by atoms with van der Waals surface area (Å²) in [5.74, 6) is 0. The number of para-hydroxylation sites is 1. The van der Waals surface area contributed by atoms with Gasteiger partial charge in [-0.05, 0) is 108 Å². The molecule has 3 aliphatic carbocycles. The van der Waals surface area contributed by atoms with Crippen molar-refractivity contribution < 1.29 is 4.42 Å². The number of fused-ring (bicyclic) bond motifs is 18. The Morgan fingerprint density at radius 1 is 0.435 bits per heavy atom. The van der Waals surface area contributed by atoms with Gasteiger partial charge in [-0.3, -0.25) is 0 Å². The quantitative estimate of drug-likeness (QED) is 0.177. The molecule has 13 rings (SSSR count). The Kier molecular flexibility index (Phi) is 7.02. The van der Waals surface area contributed by atoms with E-state index in [2.05, 4.69) is 222 Å². The molecule has 0 bridgehead atoms. The molecule has 0 aliphatic heterocycles. The minimum Gasteiger partial charge on any atom is -0.454 e. The second-order valence-corrected chi connectivity index (χ2v) is 19.2. The van der Waals surface area contributed by atoms with E-state index in [1.807, 2.05) is 0 Å². The van der Waals surface area contributed by atoms with Gasteiger partial charge >= 0.3 is 0 Å². The van der Waals surface area contributed by atoms with Crippen LogP contribution in [0.25, 0.3) is 66.1 Å². The monoisotopic (exact) mass is 795 g/mol. The van der Waals surface area contributed by atoms with Crippen LogP contribution in [0.3, 0.4) is 0 Å². The van der Waals surface area contributed by atoms with Crippen molar-refractivity contribution in [2.24, 2.45) is 0 Å². The van der Waals surface area contributed by atoms with Gasteiger partial charge < -0.3 is 9.32 Å². The number of anilines is 3. The average Bonchev–Trinajstić information content (AvgIpc) is 3.99. The number of hydrogen-bond acceptors (Lipinski definition) is 2. The highest BCUT2D eigenvalue weighted by atomic mass is 16.3. The summed E-state index contributed by atoms with van der Waals surface area (Å²) in [4.78, 5) is 2.52. The summed E-state index contributed by atoms with van der Waals surface area (Å²) in [7, 11) is 0. The molecule has 2 nitrogen and oxygen atoms in total. The van der Waals surface area contributed by atoms with Gasteiger partial charge in [-0.15, -0.1) is 0 Å². The van der Waals surface area contributed by atoms with Crippen LogP contribution in [0.4, 0.5) is 17.1 Å². The lowest BCUT2D eigenvalue weighted by Gasteiger charge is -2.32. The predicted octanol–water partition coefficient (Wildman–Crippen LogP) is 16.2. The Morgan fingerprint density at radius 3 is 1.68 bits per heavy atom. The summed E-state index contributed by atoms with van der Waals surface area (Å²) < 4.78 is 7.39. The number of nitrogens with zero attached hydrogens (tertiary/aromatic N) is 1. The van der Waals surface area contributed by atoms with E-state index >= 15 is 0 Å². The van der Waals surface area contributed by atoms with Crippen molar-refractivity contribution in [2.75, 3.05) is 4.90 Å². The van der Waals surface area contributed by atoms with Crippen LogP contribution in [-0.2, 0) is 16.2 Å². The Hall–Kier alpha value is -7.16. The van der Waals surface area contributed by atoms with Crippen LogP contribution in [0.1, 0.15) is 73.6 Å². The lowest BCUT2D eigenvalue weighted by molar-refractivity contribution is 0.573. The van der Waals surface area contributed by atoms with Crippen molar-refractivity contribution >= 4 is 49.8 Å². The summed E-state index contributed by atoms with van der Waals surface area (Å²) in [6.45, 7) is 11.6. The van der Waals surface area contributed by atoms with Crippen LogP contribution in [-0.4, -0.2) is 0 Å². The number of rotatable bonds is 3. The second-order valence-electron chi connectivity index (χ2n) is 19.2. The zero-order valence-electron chi connectivity index (χ0n) is 35.7. The number of benzene rings is 9. The second kappa shape index (κ2) is 12.2. The van der Waals surface area contributed by atoms with Gasteiger partial charge in [0.05, 0.1) is 16.8 Å². The first kappa shape index (κ1) is 35.6. The molecule has 0 fully saturated rings. The van der Waals surface area contributed by atoms with Gasteiger partial charge in [-0.25, -0.2) is 0 Å². The third-order valence-corrected chi connectivity index (χ3v) is 14.6. The summed E-state index contributed by atoms with van der Waals surface area (Å²) in [6, 6.07) is 68.3. The molecule has 62 heavy (non-hydrogen) atoms. The summed E-state index contributed by atoms with van der Waals surface area (Å²) in [5, 5.41) is 4.75. The Balaban J connectivity index is 1.15. The van der Waals surface area contributed by atoms with E-state index in [9.17, 15) is 0 Å². The van der Waals surface area contributed by atoms with E-state index in [-0.39, 0.29) is 10.8 Å². The van der Waals surface area contributed by atoms with Crippen LogP contribution in [0.5, 0.6) is 0 Å². The van der Waals surface area contributed by atoms with Crippen LogP contribution >= 0.6 is 0 Å². The third-order valence-electron chi connectivity index (χ3n) is 14.6. The highest BCUT2D eigenvalue weighted by molar-refractivity contribution is 6.22. The fraction of sp³-hybridized carbons (Fsp3) is 0.133. The topological polar surface area (TPSA) is 16.4 Å². The van der Waals surface area contributed by atoms with E-state index < -0.39 is 5.41 Å². The maximum absolute atomic E-state index is 7.39. The summed E-state index contributed by atoms with van der Waals surface area (Å²) in [6.07, 6.45) is 0. The Morgan fingerprint density at radius 2 is 0.968 bits per heavy atom. The minimum atomic E-state index is -0.464. The van der Waals surface area contributed by atoms with E-state index in [4.69, 9.17) is 4.42 Å². The Labute approximate surface area is 362 Å². The van der Waals surface area contributed by atoms with Gasteiger partial charge in [-0.1, -0.05) is 186 Å². The molecule has 0 unspecified atom stereocenters. The molecule has 9 aromatic carbocycles. The largest absolute Gasteiger partial charge is 0.454 e. The van der Waals surface area contributed by atoms with Crippen LogP contribution < -0.4 is 4.90 Å². The predicted molar refractivity (Wildman–Crippen MR) is 258 cm³/mol. The molecule has 0 atom stereocenters. The molecule has 1 spiro atoms. The fourth-order valence-corrected chi connectivity index (χ4v) is 11.9. The number of hydrogen-bond donors (Lipinski definition) is 0. The molecule has 0 saturated heterocycles. The van der Waals surface area contributed by atoms with E-state index in [0.29, 0.717) is 0 Å². The molecule has 1 aromatic heterocycles. The van der Waals surface area contributed by atoms with Crippen molar-refractivity contribution in [3.8, 4) is 33.4 Å². The fourth-order valence-electron chi connectivity index (χ4n) is 11.9. The standard InChI is InChI=1S/C60H45NO/c1-58(2,3)51-34-36-18-6-7-19-38(36)54-44-24-16-31-53(56(44)62-57(51)54)61(37-32-33-42-39-20-8-12-25-45(39)59(4,5)50(42)35-37)52-30-17-29-49-55(52)43-23-11-15-28-48(43)60(49)46-26-13-9-21-40(46)41-22-10-14-27-47(41)60/h6-35H,1-5H3. The van der Waals surface area contributed by atoms with Crippen molar-refractivity contribution in [3.05, 3.63) is 221 Å². The summed E-state index contributed by atoms with van der Waals surface area (Å²) >= 11 is 0. The lowest BCUT2D eigenvalue weighted by Crippen LogP contribution is -2.26. The van der Waals surface area contributed by atoms with Crippen LogP contribution in [0.2, 0.25) is 0 Å². The first-order chi connectivity index (χ1) is 30.2. The first-order valence-corrected chi connectivity index (χ1v) is 22.0. The molecule has 2 heteroatoms. The van der Waals surface area contributed by atoms with E-state index in [1.54, 1.807) is 0 Å². The molecule has 296 valence electrons. The van der Waals surface area contributed by atoms with Gasteiger partial charge in [0, 0.05) is 33.0 Å². The molecule has 0 saturated carbocycles. The molecular formula is C60H45NO. The van der Waals surface area contributed by atoms with Gasteiger partial charge in [0.2, 0.25) is 0 Å².